The first-order chi connectivity index (χ1) is 11.3. The van der Waals surface area contributed by atoms with Crippen LogP contribution < -0.4 is 4.74 Å². The summed E-state index contributed by atoms with van der Waals surface area (Å²) in [7, 11) is 0. The molecule has 0 aliphatic rings. The van der Waals surface area contributed by atoms with Gasteiger partial charge >= 0.3 is 0 Å². The quantitative estimate of drug-likeness (QED) is 0.730. The Kier molecular flexibility index (Phi) is 5.66. The third kappa shape index (κ3) is 4.60. The van der Waals surface area contributed by atoms with Crippen molar-refractivity contribution in [1.82, 2.24) is 0 Å². The molecule has 0 heterocycles. The average Bonchev–Trinajstić information content (AvgIpc) is 2.52. The third-order valence-corrected chi connectivity index (χ3v) is 4.13. The molecule has 1 N–H and O–H groups in total. The van der Waals surface area contributed by atoms with E-state index in [1.54, 1.807) is 18.2 Å². The van der Waals surface area contributed by atoms with Gasteiger partial charge in [-0.2, -0.15) is 0 Å². The van der Waals surface area contributed by atoms with Gasteiger partial charge in [-0.1, -0.05) is 52.0 Å². The highest BCUT2D eigenvalue weighted by Crippen LogP contribution is 2.31. The first-order valence-electron chi connectivity index (χ1n) is 8.34. The van der Waals surface area contributed by atoms with Gasteiger partial charge in [0.25, 0.3) is 0 Å². The first-order valence-corrected chi connectivity index (χ1v) is 8.34. The zero-order valence-corrected chi connectivity index (χ0v) is 14.9. The fourth-order valence-electron chi connectivity index (χ4n) is 3.08. The standard InChI is InChI=1S/C21H26O3/c1-15(2)13-21(3,4)16-9-11-17(12-10-16)24-14-20(23)18-7-5-6-8-19(18)22/h5-12,15,22H,13-14H2,1-4H3. The van der Waals surface area contributed by atoms with Gasteiger partial charge < -0.3 is 9.84 Å². The molecular formula is C21H26O3. The maximum atomic E-state index is 12.1. The van der Waals surface area contributed by atoms with Crippen molar-refractivity contribution in [1.29, 1.82) is 0 Å². The molecule has 0 aromatic heterocycles. The van der Waals surface area contributed by atoms with E-state index in [4.69, 9.17) is 4.74 Å². The SMILES string of the molecule is CC(C)CC(C)(C)c1ccc(OCC(=O)c2ccccc2O)cc1. The van der Waals surface area contributed by atoms with E-state index in [0.717, 1.165) is 6.42 Å². The van der Waals surface area contributed by atoms with E-state index in [1.165, 1.54) is 11.6 Å². The van der Waals surface area contributed by atoms with Crippen molar-refractivity contribution >= 4 is 5.78 Å². The molecule has 128 valence electrons. The summed E-state index contributed by atoms with van der Waals surface area (Å²) in [4.78, 5) is 12.1. The molecular weight excluding hydrogens is 300 g/mol. The fourth-order valence-corrected chi connectivity index (χ4v) is 3.08. The lowest BCUT2D eigenvalue weighted by atomic mass is 9.78. The number of ketones is 1. The highest BCUT2D eigenvalue weighted by Gasteiger charge is 2.21. The van der Waals surface area contributed by atoms with Crippen LogP contribution in [-0.4, -0.2) is 17.5 Å². The topological polar surface area (TPSA) is 46.5 Å². The lowest BCUT2D eigenvalue weighted by molar-refractivity contribution is 0.0919. The van der Waals surface area contributed by atoms with Crippen LogP contribution in [0.1, 0.15) is 50.0 Å². The van der Waals surface area contributed by atoms with Gasteiger partial charge in [0, 0.05) is 0 Å². The molecule has 0 saturated heterocycles. The zero-order valence-electron chi connectivity index (χ0n) is 14.9. The largest absolute Gasteiger partial charge is 0.507 e. The Morgan fingerprint density at radius 2 is 1.71 bits per heavy atom. The number of hydrogen-bond donors (Lipinski definition) is 1. The monoisotopic (exact) mass is 326 g/mol. The molecule has 0 bridgehead atoms. The number of benzene rings is 2. The van der Waals surface area contributed by atoms with Crippen molar-refractivity contribution in [2.24, 2.45) is 5.92 Å². The van der Waals surface area contributed by atoms with E-state index < -0.39 is 0 Å². The number of carbonyl (C=O) groups excluding carboxylic acids is 1. The second kappa shape index (κ2) is 7.52. The number of rotatable bonds is 7. The molecule has 3 heteroatoms. The van der Waals surface area contributed by atoms with E-state index in [-0.39, 0.29) is 29.1 Å². The summed E-state index contributed by atoms with van der Waals surface area (Å²) < 4.78 is 5.57. The highest BCUT2D eigenvalue weighted by atomic mass is 16.5. The van der Waals surface area contributed by atoms with Crippen LogP contribution in [0, 0.1) is 5.92 Å². The van der Waals surface area contributed by atoms with Gasteiger partial charge in [0.15, 0.2) is 6.61 Å². The maximum Gasteiger partial charge on any atom is 0.203 e. The van der Waals surface area contributed by atoms with Crippen LogP contribution in [0.5, 0.6) is 11.5 Å². The van der Waals surface area contributed by atoms with Crippen LogP contribution in [-0.2, 0) is 5.41 Å². The number of ether oxygens (including phenoxy) is 1. The molecule has 0 atom stereocenters. The molecule has 0 amide bonds. The van der Waals surface area contributed by atoms with Gasteiger partial charge in [-0.3, -0.25) is 4.79 Å². The van der Waals surface area contributed by atoms with Gasteiger partial charge in [0.1, 0.15) is 11.5 Å². The Hall–Kier alpha value is -2.29. The molecule has 2 aromatic rings. The minimum atomic E-state index is -0.239. The zero-order chi connectivity index (χ0) is 17.7. The first kappa shape index (κ1) is 18.1. The van der Waals surface area contributed by atoms with Gasteiger partial charge in [-0.05, 0) is 47.6 Å². The Bertz CT molecular complexity index is 684. The van der Waals surface area contributed by atoms with E-state index in [1.807, 2.05) is 12.1 Å². The summed E-state index contributed by atoms with van der Waals surface area (Å²) in [6, 6.07) is 14.4. The minimum absolute atomic E-state index is 0.0168. The summed E-state index contributed by atoms with van der Waals surface area (Å²) >= 11 is 0. The molecule has 24 heavy (non-hydrogen) atoms. The van der Waals surface area contributed by atoms with Crippen molar-refractivity contribution in [2.45, 2.75) is 39.5 Å². The summed E-state index contributed by atoms with van der Waals surface area (Å²) in [5.41, 5.74) is 1.65. The summed E-state index contributed by atoms with van der Waals surface area (Å²) in [6.45, 7) is 8.84. The highest BCUT2D eigenvalue weighted by molar-refractivity contribution is 5.99. The molecule has 0 saturated carbocycles. The van der Waals surface area contributed by atoms with E-state index in [2.05, 4.69) is 39.8 Å². The molecule has 3 nitrogen and oxygen atoms in total. The molecule has 2 rings (SSSR count). The van der Waals surface area contributed by atoms with Crippen molar-refractivity contribution in [2.75, 3.05) is 6.61 Å². The number of hydrogen-bond acceptors (Lipinski definition) is 3. The van der Waals surface area contributed by atoms with Crippen molar-refractivity contribution in [3.8, 4) is 11.5 Å². The Labute approximate surface area is 144 Å². The number of Topliss-reactive ketones (excluding diaryl/α,β-unsaturated/α-hetero) is 1. The molecule has 0 unspecified atom stereocenters. The van der Waals surface area contributed by atoms with Crippen LogP contribution in [0.2, 0.25) is 0 Å². The normalized spacial score (nSPS) is 11.5. The maximum absolute atomic E-state index is 12.1. The molecule has 0 spiro atoms. The van der Waals surface area contributed by atoms with Gasteiger partial charge in [0.05, 0.1) is 5.56 Å². The lowest BCUT2D eigenvalue weighted by Gasteiger charge is -2.27. The van der Waals surface area contributed by atoms with Gasteiger partial charge in [-0.15, -0.1) is 0 Å². The number of carbonyl (C=O) groups is 1. The average molecular weight is 326 g/mol. The van der Waals surface area contributed by atoms with E-state index in [0.29, 0.717) is 11.7 Å². The van der Waals surface area contributed by atoms with Crippen LogP contribution in [0.25, 0.3) is 0 Å². The third-order valence-electron chi connectivity index (χ3n) is 4.13. The fraction of sp³-hybridized carbons (Fsp3) is 0.381. The van der Waals surface area contributed by atoms with Crippen molar-refractivity contribution < 1.29 is 14.6 Å². The van der Waals surface area contributed by atoms with E-state index in [9.17, 15) is 9.90 Å². The molecule has 0 radical (unpaired) electrons. The minimum Gasteiger partial charge on any atom is -0.507 e. The van der Waals surface area contributed by atoms with Crippen molar-refractivity contribution in [3.05, 3.63) is 59.7 Å². The Morgan fingerprint density at radius 1 is 1.08 bits per heavy atom. The molecule has 0 aliphatic heterocycles. The predicted molar refractivity (Wildman–Crippen MR) is 96.9 cm³/mol. The molecule has 0 aliphatic carbocycles. The smallest absolute Gasteiger partial charge is 0.203 e. The van der Waals surface area contributed by atoms with Crippen LogP contribution in [0.4, 0.5) is 0 Å². The van der Waals surface area contributed by atoms with Gasteiger partial charge in [-0.25, -0.2) is 0 Å². The van der Waals surface area contributed by atoms with Crippen molar-refractivity contribution in [3.63, 3.8) is 0 Å². The lowest BCUT2D eigenvalue weighted by Crippen LogP contribution is -2.19. The number of phenols is 1. The summed E-state index contributed by atoms with van der Waals surface area (Å²) in [5.74, 6) is 1.03. The number of phenolic OH excluding ortho intramolecular Hbond substituents is 1. The molecule has 2 aromatic carbocycles. The molecule has 0 fully saturated rings. The number of aromatic hydroxyl groups is 1. The summed E-state index contributed by atoms with van der Waals surface area (Å²) in [5, 5.41) is 9.70. The van der Waals surface area contributed by atoms with Gasteiger partial charge in [0.2, 0.25) is 5.78 Å². The number of para-hydroxylation sites is 1. The van der Waals surface area contributed by atoms with Crippen LogP contribution in [0.15, 0.2) is 48.5 Å². The van der Waals surface area contributed by atoms with Crippen LogP contribution in [0.3, 0.4) is 0 Å². The van der Waals surface area contributed by atoms with E-state index >= 15 is 0 Å². The Balaban J connectivity index is 2.00. The van der Waals surface area contributed by atoms with Crippen LogP contribution >= 0.6 is 0 Å². The second-order valence-corrected chi connectivity index (χ2v) is 7.24. The predicted octanol–water partition coefficient (Wildman–Crippen LogP) is 4.98. The second-order valence-electron chi connectivity index (χ2n) is 7.24. The summed E-state index contributed by atoms with van der Waals surface area (Å²) in [6.07, 6.45) is 1.11. The Morgan fingerprint density at radius 3 is 2.29 bits per heavy atom.